The van der Waals surface area contributed by atoms with Gasteiger partial charge in [0.1, 0.15) is 5.75 Å². The van der Waals surface area contributed by atoms with Gasteiger partial charge < -0.3 is 19.6 Å². The third-order valence-electron chi connectivity index (χ3n) is 3.75. The first-order valence-corrected chi connectivity index (χ1v) is 9.27. The minimum Gasteiger partial charge on any atom is -0.496 e. The summed E-state index contributed by atoms with van der Waals surface area (Å²) < 4.78 is 10.9. The number of ether oxygens (including phenoxy) is 1. The van der Waals surface area contributed by atoms with Gasteiger partial charge in [0.2, 0.25) is 5.89 Å². The highest BCUT2D eigenvalue weighted by atomic mass is 32.1. The third-order valence-corrected chi connectivity index (χ3v) is 4.60. The lowest BCUT2D eigenvalue weighted by Crippen LogP contribution is -2.24. The highest BCUT2D eigenvalue weighted by molar-refractivity contribution is 7.13. The molecule has 1 amide bonds. The molecule has 0 atom stereocenters. The molecule has 0 spiro atoms. The molecule has 0 radical (unpaired) electrons. The summed E-state index contributed by atoms with van der Waals surface area (Å²) >= 11 is 1.50. The summed E-state index contributed by atoms with van der Waals surface area (Å²) in [5.74, 6) is 0.892. The molecule has 0 aliphatic rings. The SMILES string of the molecule is COc1cc(CC(C)(C)O)ccc1C(=O)NCc1nnc(-c2cccs2)o1. The third kappa shape index (κ3) is 4.93. The fraction of sp³-hybridized carbons (Fsp3) is 0.316. The average Bonchev–Trinajstić information content (AvgIpc) is 3.29. The van der Waals surface area contributed by atoms with Crippen LogP contribution >= 0.6 is 11.3 Å². The first-order chi connectivity index (χ1) is 12.9. The molecule has 0 bridgehead atoms. The maximum Gasteiger partial charge on any atom is 0.257 e. The van der Waals surface area contributed by atoms with Crippen LogP contribution in [-0.4, -0.2) is 33.9 Å². The Morgan fingerprint density at radius 1 is 1.33 bits per heavy atom. The molecule has 0 fully saturated rings. The van der Waals surface area contributed by atoms with E-state index in [1.807, 2.05) is 17.5 Å². The molecule has 7 nitrogen and oxygen atoms in total. The Morgan fingerprint density at radius 3 is 2.81 bits per heavy atom. The van der Waals surface area contributed by atoms with Crippen molar-refractivity contribution in [1.82, 2.24) is 15.5 Å². The first-order valence-electron chi connectivity index (χ1n) is 8.39. The monoisotopic (exact) mass is 387 g/mol. The van der Waals surface area contributed by atoms with Crippen molar-refractivity contribution in [2.45, 2.75) is 32.4 Å². The molecule has 0 saturated heterocycles. The van der Waals surface area contributed by atoms with Crippen LogP contribution in [0.15, 0.2) is 40.1 Å². The van der Waals surface area contributed by atoms with Gasteiger partial charge in [0.05, 0.1) is 29.7 Å². The predicted molar refractivity (Wildman–Crippen MR) is 102 cm³/mol. The van der Waals surface area contributed by atoms with Crippen molar-refractivity contribution < 1.29 is 19.1 Å². The molecule has 1 aromatic carbocycles. The zero-order valence-corrected chi connectivity index (χ0v) is 16.2. The lowest BCUT2D eigenvalue weighted by molar-refractivity contribution is 0.0809. The summed E-state index contributed by atoms with van der Waals surface area (Å²) in [6.45, 7) is 3.58. The van der Waals surface area contributed by atoms with E-state index in [2.05, 4.69) is 15.5 Å². The van der Waals surface area contributed by atoms with Crippen LogP contribution in [0.25, 0.3) is 10.8 Å². The van der Waals surface area contributed by atoms with Crippen LogP contribution in [0.3, 0.4) is 0 Å². The summed E-state index contributed by atoms with van der Waals surface area (Å²) in [5.41, 5.74) is 0.441. The Morgan fingerprint density at radius 2 is 2.15 bits per heavy atom. The zero-order valence-electron chi connectivity index (χ0n) is 15.4. The molecule has 3 aromatic rings. The van der Waals surface area contributed by atoms with Crippen LogP contribution in [-0.2, 0) is 13.0 Å². The molecule has 0 saturated carbocycles. The second-order valence-corrected chi connectivity index (χ2v) is 7.63. The Balaban J connectivity index is 1.67. The van der Waals surface area contributed by atoms with Crippen molar-refractivity contribution >= 4 is 17.2 Å². The molecule has 2 heterocycles. The number of aromatic nitrogens is 2. The molecule has 3 rings (SSSR count). The fourth-order valence-electron chi connectivity index (χ4n) is 2.61. The quantitative estimate of drug-likeness (QED) is 0.647. The topological polar surface area (TPSA) is 97.5 Å². The van der Waals surface area contributed by atoms with Crippen molar-refractivity contribution in [3.05, 3.63) is 52.7 Å². The summed E-state index contributed by atoms with van der Waals surface area (Å²) in [6.07, 6.45) is 0.457. The molecule has 2 N–H and O–H groups in total. The number of nitrogens with one attached hydrogen (secondary N) is 1. The predicted octanol–water partition coefficient (Wildman–Crippen LogP) is 3.05. The van der Waals surface area contributed by atoms with Gasteiger partial charge in [0.25, 0.3) is 11.8 Å². The van der Waals surface area contributed by atoms with Gasteiger partial charge in [-0.15, -0.1) is 21.5 Å². The second-order valence-electron chi connectivity index (χ2n) is 6.68. The number of amides is 1. The normalized spacial score (nSPS) is 11.4. The minimum absolute atomic E-state index is 0.117. The van der Waals surface area contributed by atoms with E-state index in [-0.39, 0.29) is 12.5 Å². The van der Waals surface area contributed by atoms with Gasteiger partial charge in [-0.3, -0.25) is 4.79 Å². The molecule has 0 aliphatic carbocycles. The zero-order chi connectivity index (χ0) is 19.4. The van der Waals surface area contributed by atoms with Crippen LogP contribution in [0.4, 0.5) is 0 Å². The van der Waals surface area contributed by atoms with E-state index in [1.165, 1.54) is 18.4 Å². The molecule has 27 heavy (non-hydrogen) atoms. The molecule has 2 aromatic heterocycles. The van der Waals surface area contributed by atoms with E-state index < -0.39 is 5.60 Å². The second kappa shape index (κ2) is 7.89. The summed E-state index contributed by atoms with van der Waals surface area (Å²) in [4.78, 5) is 13.4. The van der Waals surface area contributed by atoms with E-state index in [9.17, 15) is 9.90 Å². The van der Waals surface area contributed by atoms with Crippen LogP contribution in [0.5, 0.6) is 5.75 Å². The molecule has 8 heteroatoms. The highest BCUT2D eigenvalue weighted by Gasteiger charge is 2.18. The van der Waals surface area contributed by atoms with Crippen LogP contribution in [0.2, 0.25) is 0 Å². The van der Waals surface area contributed by atoms with Crippen LogP contribution in [0, 0.1) is 0 Å². The number of hydrogen-bond donors (Lipinski definition) is 2. The Labute approximate surface area is 161 Å². The Bertz CT molecular complexity index is 913. The van der Waals surface area contributed by atoms with E-state index in [0.717, 1.165) is 10.4 Å². The van der Waals surface area contributed by atoms with Crippen LogP contribution in [0.1, 0.15) is 35.7 Å². The first kappa shape index (κ1) is 19.1. The number of rotatable bonds is 7. The standard InChI is InChI=1S/C19H21N3O4S/c1-19(2,24)10-12-6-7-13(14(9-12)25-3)17(23)20-11-16-21-22-18(26-16)15-5-4-8-27-15/h4-9,24H,10-11H2,1-3H3,(H,20,23). The molecular weight excluding hydrogens is 366 g/mol. The minimum atomic E-state index is -0.840. The number of carbonyl (C=O) groups excluding carboxylic acids is 1. The van der Waals surface area contributed by atoms with E-state index >= 15 is 0 Å². The lowest BCUT2D eigenvalue weighted by Gasteiger charge is -2.18. The van der Waals surface area contributed by atoms with Gasteiger partial charge >= 0.3 is 0 Å². The van der Waals surface area contributed by atoms with Gasteiger partial charge in [-0.2, -0.15) is 0 Å². The number of thiophene rings is 1. The van der Waals surface area contributed by atoms with Crippen molar-refractivity contribution in [2.75, 3.05) is 7.11 Å². The Hall–Kier alpha value is -2.71. The summed E-state index contributed by atoms with van der Waals surface area (Å²) in [7, 11) is 1.51. The number of aliphatic hydroxyl groups is 1. The average molecular weight is 387 g/mol. The number of carbonyl (C=O) groups is 1. The molecule has 0 aliphatic heterocycles. The molecule has 0 unspecified atom stereocenters. The van der Waals surface area contributed by atoms with Crippen molar-refractivity contribution in [1.29, 1.82) is 0 Å². The largest absolute Gasteiger partial charge is 0.496 e. The van der Waals surface area contributed by atoms with Gasteiger partial charge in [-0.25, -0.2) is 0 Å². The van der Waals surface area contributed by atoms with Gasteiger partial charge in [-0.05, 0) is 43.0 Å². The Kier molecular flexibility index (Phi) is 5.57. The number of methoxy groups -OCH3 is 1. The highest BCUT2D eigenvalue weighted by Crippen LogP contribution is 2.24. The van der Waals surface area contributed by atoms with Gasteiger partial charge in [0, 0.05) is 6.42 Å². The summed E-state index contributed by atoms with van der Waals surface area (Å²) in [5, 5.41) is 22.6. The maximum atomic E-state index is 12.5. The molecular formula is C19H21N3O4S. The fourth-order valence-corrected chi connectivity index (χ4v) is 3.25. The van der Waals surface area contributed by atoms with Crippen LogP contribution < -0.4 is 10.1 Å². The molecule has 142 valence electrons. The van der Waals surface area contributed by atoms with E-state index in [4.69, 9.17) is 9.15 Å². The number of nitrogens with zero attached hydrogens (tertiary/aromatic N) is 2. The lowest BCUT2D eigenvalue weighted by atomic mass is 9.97. The number of hydrogen-bond acceptors (Lipinski definition) is 7. The van der Waals surface area contributed by atoms with Gasteiger partial charge in [0.15, 0.2) is 0 Å². The van der Waals surface area contributed by atoms with Crippen molar-refractivity contribution in [3.8, 4) is 16.5 Å². The van der Waals surface area contributed by atoms with Crippen molar-refractivity contribution in [2.24, 2.45) is 0 Å². The van der Waals surface area contributed by atoms with E-state index in [1.54, 1.807) is 32.0 Å². The maximum absolute atomic E-state index is 12.5. The summed E-state index contributed by atoms with van der Waals surface area (Å²) in [6, 6.07) is 9.03. The van der Waals surface area contributed by atoms with Gasteiger partial charge in [-0.1, -0.05) is 12.1 Å². The number of benzene rings is 1. The van der Waals surface area contributed by atoms with Crippen molar-refractivity contribution in [3.63, 3.8) is 0 Å². The smallest absolute Gasteiger partial charge is 0.257 e. The van der Waals surface area contributed by atoms with E-state index in [0.29, 0.717) is 29.5 Å².